The van der Waals surface area contributed by atoms with Crippen molar-refractivity contribution in [3.8, 4) is 0 Å². The van der Waals surface area contributed by atoms with Crippen LogP contribution in [0.2, 0.25) is 0 Å². The minimum absolute atomic E-state index is 0.101. The van der Waals surface area contributed by atoms with E-state index in [1.165, 1.54) is 18.4 Å². The van der Waals surface area contributed by atoms with Gasteiger partial charge in [-0.2, -0.15) is 0 Å². The summed E-state index contributed by atoms with van der Waals surface area (Å²) in [7, 11) is 0. The molecular formula is C21H31N3O2. The highest BCUT2D eigenvalue weighted by molar-refractivity contribution is 5.96. The van der Waals surface area contributed by atoms with Crippen molar-refractivity contribution in [2.24, 2.45) is 5.92 Å². The molecule has 1 atom stereocenters. The molecule has 0 aliphatic carbocycles. The molecule has 1 unspecified atom stereocenters. The summed E-state index contributed by atoms with van der Waals surface area (Å²) in [5.74, 6) is 0.988. The van der Waals surface area contributed by atoms with E-state index < -0.39 is 0 Å². The first-order chi connectivity index (χ1) is 12.6. The highest BCUT2D eigenvalue weighted by atomic mass is 16.2. The number of fused-ring (bicyclic) bond motifs is 1. The second kappa shape index (κ2) is 9.17. The Bertz CT molecular complexity index is 625. The van der Waals surface area contributed by atoms with Gasteiger partial charge in [0.1, 0.15) is 0 Å². The molecule has 1 saturated heterocycles. The fourth-order valence-corrected chi connectivity index (χ4v) is 4.16. The van der Waals surface area contributed by atoms with Crippen molar-refractivity contribution in [2.75, 3.05) is 24.5 Å². The highest BCUT2D eigenvalue weighted by Crippen LogP contribution is 2.27. The third kappa shape index (κ3) is 5.07. The molecule has 5 nitrogen and oxygen atoms in total. The van der Waals surface area contributed by atoms with Crippen molar-refractivity contribution >= 4 is 17.5 Å². The van der Waals surface area contributed by atoms with Gasteiger partial charge in [0.15, 0.2) is 0 Å². The molecule has 26 heavy (non-hydrogen) atoms. The zero-order valence-electron chi connectivity index (χ0n) is 15.8. The number of hydrogen-bond donors (Lipinski definition) is 2. The number of aryl methyl sites for hydroxylation is 1. The average molecular weight is 357 g/mol. The second-order valence-corrected chi connectivity index (χ2v) is 7.68. The van der Waals surface area contributed by atoms with Crippen molar-refractivity contribution in [2.45, 2.75) is 57.9 Å². The van der Waals surface area contributed by atoms with E-state index in [4.69, 9.17) is 0 Å². The van der Waals surface area contributed by atoms with E-state index in [1.54, 1.807) is 0 Å². The van der Waals surface area contributed by atoms with Crippen LogP contribution in [-0.2, 0) is 16.0 Å². The van der Waals surface area contributed by atoms with Crippen LogP contribution in [0.5, 0.6) is 0 Å². The molecule has 1 fully saturated rings. The molecule has 2 amide bonds. The smallest absolute Gasteiger partial charge is 0.227 e. The van der Waals surface area contributed by atoms with Crippen molar-refractivity contribution in [3.63, 3.8) is 0 Å². The van der Waals surface area contributed by atoms with Crippen LogP contribution in [0.15, 0.2) is 24.3 Å². The molecule has 5 heteroatoms. The molecule has 3 rings (SSSR count). The van der Waals surface area contributed by atoms with Crippen LogP contribution in [0.3, 0.4) is 0 Å². The predicted octanol–water partition coefficient (Wildman–Crippen LogP) is 2.64. The van der Waals surface area contributed by atoms with E-state index in [2.05, 4.69) is 23.6 Å². The maximum atomic E-state index is 12.3. The first kappa shape index (κ1) is 18.9. The Morgan fingerprint density at radius 2 is 2.04 bits per heavy atom. The Labute approximate surface area is 156 Å². The minimum atomic E-state index is 0.101. The molecule has 1 aromatic carbocycles. The van der Waals surface area contributed by atoms with E-state index >= 15 is 0 Å². The van der Waals surface area contributed by atoms with E-state index in [-0.39, 0.29) is 17.9 Å². The van der Waals surface area contributed by atoms with E-state index in [9.17, 15) is 9.59 Å². The van der Waals surface area contributed by atoms with Crippen molar-refractivity contribution in [1.82, 2.24) is 10.6 Å². The number of anilines is 1. The molecule has 0 saturated carbocycles. The fraction of sp³-hybridized carbons (Fsp3) is 0.619. The molecule has 0 aromatic heterocycles. The number of para-hydroxylation sites is 1. The van der Waals surface area contributed by atoms with Gasteiger partial charge in [0.25, 0.3) is 0 Å². The largest absolute Gasteiger partial charge is 0.354 e. The number of nitrogens with one attached hydrogen (secondary N) is 2. The highest BCUT2D eigenvalue weighted by Gasteiger charge is 2.23. The van der Waals surface area contributed by atoms with Crippen molar-refractivity contribution < 1.29 is 9.59 Å². The Morgan fingerprint density at radius 3 is 2.85 bits per heavy atom. The molecule has 2 aliphatic rings. The summed E-state index contributed by atoms with van der Waals surface area (Å²) >= 11 is 0. The monoisotopic (exact) mass is 357 g/mol. The number of carbonyl (C=O) groups is 2. The average Bonchev–Trinajstić information content (AvgIpc) is 2.64. The van der Waals surface area contributed by atoms with Crippen LogP contribution in [0.1, 0.15) is 51.0 Å². The molecule has 2 aliphatic heterocycles. The van der Waals surface area contributed by atoms with Gasteiger partial charge in [-0.05, 0) is 69.7 Å². The van der Waals surface area contributed by atoms with Gasteiger partial charge >= 0.3 is 0 Å². The van der Waals surface area contributed by atoms with Crippen LogP contribution in [0, 0.1) is 5.92 Å². The topological polar surface area (TPSA) is 61.4 Å². The Balaban J connectivity index is 1.41. The lowest BCUT2D eigenvalue weighted by molar-refractivity contribution is -0.122. The third-order valence-corrected chi connectivity index (χ3v) is 5.53. The Hall–Kier alpha value is -1.88. The lowest BCUT2D eigenvalue weighted by Crippen LogP contribution is -2.38. The van der Waals surface area contributed by atoms with Crippen LogP contribution < -0.4 is 15.5 Å². The summed E-state index contributed by atoms with van der Waals surface area (Å²) in [4.78, 5) is 26.3. The molecule has 0 spiro atoms. The third-order valence-electron chi connectivity index (χ3n) is 5.53. The van der Waals surface area contributed by atoms with E-state index in [0.29, 0.717) is 31.7 Å². The number of carbonyl (C=O) groups excluding carboxylic acids is 2. The second-order valence-electron chi connectivity index (χ2n) is 7.68. The Morgan fingerprint density at radius 1 is 1.27 bits per heavy atom. The summed E-state index contributed by atoms with van der Waals surface area (Å²) in [6, 6.07) is 8.31. The van der Waals surface area contributed by atoms with Crippen molar-refractivity contribution in [3.05, 3.63) is 29.8 Å². The molecule has 0 bridgehead atoms. The molecule has 2 N–H and O–H groups in total. The quantitative estimate of drug-likeness (QED) is 0.789. The Kier molecular flexibility index (Phi) is 6.67. The van der Waals surface area contributed by atoms with Gasteiger partial charge in [0, 0.05) is 31.1 Å². The van der Waals surface area contributed by atoms with Gasteiger partial charge in [-0.3, -0.25) is 9.59 Å². The number of benzene rings is 1. The normalized spacial score (nSPS) is 19.1. The fourth-order valence-electron chi connectivity index (χ4n) is 4.16. The van der Waals surface area contributed by atoms with E-state index in [0.717, 1.165) is 31.6 Å². The maximum absolute atomic E-state index is 12.3. The van der Waals surface area contributed by atoms with Gasteiger partial charge in [0.2, 0.25) is 11.8 Å². The predicted molar refractivity (Wildman–Crippen MR) is 104 cm³/mol. The standard InChI is InChI=1S/C21H31N3O2/c1-16(15-17-10-12-22-13-11-17)23-20(25)7-4-14-24-19-6-3-2-5-18(19)8-9-21(24)26/h2-3,5-6,16-17,22H,4,7-15H2,1H3,(H,23,25). The number of nitrogens with zero attached hydrogens (tertiary/aromatic N) is 1. The molecule has 142 valence electrons. The van der Waals surface area contributed by atoms with Crippen LogP contribution >= 0.6 is 0 Å². The zero-order valence-corrected chi connectivity index (χ0v) is 15.8. The van der Waals surface area contributed by atoms with Crippen molar-refractivity contribution in [1.29, 1.82) is 0 Å². The molecule has 1 aromatic rings. The summed E-state index contributed by atoms with van der Waals surface area (Å²) in [5.41, 5.74) is 2.25. The van der Waals surface area contributed by atoms with Gasteiger partial charge < -0.3 is 15.5 Å². The van der Waals surface area contributed by atoms with Crippen LogP contribution in [0.4, 0.5) is 5.69 Å². The first-order valence-electron chi connectivity index (χ1n) is 10.0. The van der Waals surface area contributed by atoms with Crippen LogP contribution in [-0.4, -0.2) is 37.5 Å². The zero-order chi connectivity index (χ0) is 18.4. The van der Waals surface area contributed by atoms with Crippen LogP contribution in [0.25, 0.3) is 0 Å². The lowest BCUT2D eigenvalue weighted by atomic mass is 9.91. The van der Waals surface area contributed by atoms with Gasteiger partial charge in [-0.25, -0.2) is 0 Å². The number of hydrogen-bond acceptors (Lipinski definition) is 3. The number of amides is 2. The summed E-state index contributed by atoms with van der Waals surface area (Å²) < 4.78 is 0. The first-order valence-corrected chi connectivity index (χ1v) is 10.0. The number of rotatable bonds is 7. The summed E-state index contributed by atoms with van der Waals surface area (Å²) in [6.07, 6.45) is 6.03. The minimum Gasteiger partial charge on any atom is -0.354 e. The lowest BCUT2D eigenvalue weighted by Gasteiger charge is -2.29. The summed E-state index contributed by atoms with van der Waals surface area (Å²) in [5, 5.41) is 6.51. The number of piperidine rings is 1. The summed E-state index contributed by atoms with van der Waals surface area (Å²) in [6.45, 7) is 4.91. The molecular weight excluding hydrogens is 326 g/mol. The van der Waals surface area contributed by atoms with Gasteiger partial charge in [-0.15, -0.1) is 0 Å². The SMILES string of the molecule is CC(CC1CCNCC1)NC(=O)CCCN1C(=O)CCc2ccccc21. The maximum Gasteiger partial charge on any atom is 0.227 e. The van der Waals surface area contributed by atoms with E-state index in [1.807, 2.05) is 23.1 Å². The van der Waals surface area contributed by atoms with Gasteiger partial charge in [0.05, 0.1) is 0 Å². The van der Waals surface area contributed by atoms with Gasteiger partial charge in [-0.1, -0.05) is 18.2 Å². The molecule has 0 radical (unpaired) electrons. The molecule has 2 heterocycles.